The summed E-state index contributed by atoms with van der Waals surface area (Å²) in [6.45, 7) is 5.62. The van der Waals surface area contributed by atoms with Gasteiger partial charge in [-0.2, -0.15) is 0 Å². The second kappa shape index (κ2) is 7.51. The number of rotatable bonds is 6. The number of anilines is 1. The summed E-state index contributed by atoms with van der Waals surface area (Å²) in [4.78, 5) is 13.1. The number of aryl methyl sites for hydroxylation is 2. The second-order valence-corrected chi connectivity index (χ2v) is 6.15. The Morgan fingerprint density at radius 3 is 2.83 bits per heavy atom. The van der Waals surface area contributed by atoms with Crippen molar-refractivity contribution in [2.45, 2.75) is 39.2 Å². The van der Waals surface area contributed by atoms with Gasteiger partial charge in [0.2, 0.25) is 0 Å². The van der Waals surface area contributed by atoms with Crippen LogP contribution >= 0.6 is 0 Å². The van der Waals surface area contributed by atoms with Gasteiger partial charge in [0, 0.05) is 30.1 Å². The quantitative estimate of drug-likeness (QED) is 0.889. The van der Waals surface area contributed by atoms with Crippen molar-refractivity contribution in [2.24, 2.45) is 5.92 Å². The van der Waals surface area contributed by atoms with Crippen LogP contribution in [0.25, 0.3) is 0 Å². The summed E-state index contributed by atoms with van der Waals surface area (Å²) in [7, 11) is 0. The molecule has 2 aromatic rings. The average Bonchev–Trinajstić information content (AvgIpc) is 2.95. The Hall–Kier alpha value is -2.01. The van der Waals surface area contributed by atoms with E-state index in [-0.39, 0.29) is 6.04 Å². The van der Waals surface area contributed by atoms with Crippen LogP contribution in [0.5, 0.6) is 0 Å². The normalized spacial score (nSPS) is 20.6. The van der Waals surface area contributed by atoms with E-state index in [9.17, 15) is 0 Å². The number of nitrogens with one attached hydrogen (secondary N) is 1. The molecule has 0 radical (unpaired) electrons. The fourth-order valence-electron chi connectivity index (χ4n) is 3.06. The molecule has 0 aliphatic carbocycles. The standard InChI is InChI=1S/C18H24N4O/c1-3-4-16-10-18(21-13(2)20-16)22-17-12-23-11-15(17)9-14-5-7-19-8-6-14/h5-8,10,15,17H,3-4,9,11-12H2,1-2H3,(H,20,21,22)/t15-,17+/m1/s1. The molecule has 0 saturated carbocycles. The van der Waals surface area contributed by atoms with Crippen molar-refractivity contribution in [1.82, 2.24) is 15.0 Å². The maximum atomic E-state index is 5.70. The molecule has 0 spiro atoms. The molecular formula is C18H24N4O. The van der Waals surface area contributed by atoms with Crippen LogP contribution < -0.4 is 5.32 Å². The van der Waals surface area contributed by atoms with Gasteiger partial charge >= 0.3 is 0 Å². The topological polar surface area (TPSA) is 59.9 Å². The Kier molecular flexibility index (Phi) is 5.18. The first-order chi connectivity index (χ1) is 11.2. The number of nitrogens with zero attached hydrogens (tertiary/aromatic N) is 3. The number of hydrogen-bond donors (Lipinski definition) is 1. The molecule has 1 saturated heterocycles. The van der Waals surface area contributed by atoms with Crippen molar-refractivity contribution in [3.05, 3.63) is 47.7 Å². The Morgan fingerprint density at radius 2 is 2.04 bits per heavy atom. The van der Waals surface area contributed by atoms with Gasteiger partial charge in [-0.25, -0.2) is 9.97 Å². The highest BCUT2D eigenvalue weighted by Crippen LogP contribution is 2.22. The smallest absolute Gasteiger partial charge is 0.130 e. The van der Waals surface area contributed by atoms with Gasteiger partial charge in [-0.15, -0.1) is 0 Å². The zero-order chi connectivity index (χ0) is 16.1. The number of aromatic nitrogens is 3. The summed E-state index contributed by atoms with van der Waals surface area (Å²) in [5.74, 6) is 2.18. The highest BCUT2D eigenvalue weighted by Gasteiger charge is 2.28. The maximum Gasteiger partial charge on any atom is 0.130 e. The van der Waals surface area contributed by atoms with Crippen LogP contribution in [0, 0.1) is 12.8 Å². The lowest BCUT2D eigenvalue weighted by atomic mass is 9.95. The monoisotopic (exact) mass is 312 g/mol. The fourth-order valence-corrected chi connectivity index (χ4v) is 3.06. The van der Waals surface area contributed by atoms with Crippen molar-refractivity contribution in [3.8, 4) is 0 Å². The van der Waals surface area contributed by atoms with Crippen LogP contribution in [0.15, 0.2) is 30.6 Å². The third-order valence-corrected chi connectivity index (χ3v) is 4.18. The molecule has 0 amide bonds. The SMILES string of the molecule is CCCc1cc(N[C@H]2COC[C@H]2Cc2ccncc2)nc(C)n1. The van der Waals surface area contributed by atoms with Crippen molar-refractivity contribution >= 4 is 5.82 Å². The predicted molar refractivity (Wildman–Crippen MR) is 90.4 cm³/mol. The van der Waals surface area contributed by atoms with E-state index in [1.54, 1.807) is 0 Å². The van der Waals surface area contributed by atoms with Gasteiger partial charge in [-0.3, -0.25) is 4.98 Å². The van der Waals surface area contributed by atoms with E-state index < -0.39 is 0 Å². The maximum absolute atomic E-state index is 5.70. The number of hydrogen-bond acceptors (Lipinski definition) is 5. The van der Waals surface area contributed by atoms with Crippen molar-refractivity contribution in [3.63, 3.8) is 0 Å². The molecule has 2 aromatic heterocycles. The zero-order valence-electron chi connectivity index (χ0n) is 13.8. The van der Waals surface area contributed by atoms with Gasteiger partial charge in [0.25, 0.3) is 0 Å². The van der Waals surface area contributed by atoms with Crippen molar-refractivity contribution < 1.29 is 4.74 Å². The van der Waals surface area contributed by atoms with E-state index in [1.807, 2.05) is 19.3 Å². The first kappa shape index (κ1) is 15.9. The van der Waals surface area contributed by atoms with Crippen LogP contribution in [0.3, 0.4) is 0 Å². The lowest BCUT2D eigenvalue weighted by molar-refractivity contribution is 0.185. The summed E-state index contributed by atoms with van der Waals surface area (Å²) >= 11 is 0. The number of pyridine rings is 1. The molecule has 1 N–H and O–H groups in total. The predicted octanol–water partition coefficient (Wildman–Crippen LogP) is 2.80. The van der Waals surface area contributed by atoms with Crippen LogP contribution in [-0.2, 0) is 17.6 Å². The third kappa shape index (κ3) is 4.26. The van der Waals surface area contributed by atoms with Gasteiger partial charge in [0.15, 0.2) is 0 Å². The minimum absolute atomic E-state index is 0.284. The van der Waals surface area contributed by atoms with Crippen molar-refractivity contribution in [2.75, 3.05) is 18.5 Å². The largest absolute Gasteiger partial charge is 0.379 e. The molecule has 3 rings (SSSR count). The zero-order valence-corrected chi connectivity index (χ0v) is 13.8. The lowest BCUT2D eigenvalue weighted by Gasteiger charge is -2.20. The minimum Gasteiger partial charge on any atom is -0.379 e. The summed E-state index contributed by atoms with van der Waals surface area (Å²) in [5, 5.41) is 3.56. The summed E-state index contributed by atoms with van der Waals surface area (Å²) in [6.07, 6.45) is 6.76. The van der Waals surface area contributed by atoms with E-state index >= 15 is 0 Å². The van der Waals surface area contributed by atoms with Crippen LogP contribution in [0.1, 0.15) is 30.4 Å². The first-order valence-electron chi connectivity index (χ1n) is 8.32. The highest BCUT2D eigenvalue weighted by molar-refractivity contribution is 5.38. The van der Waals surface area contributed by atoms with Gasteiger partial charge in [0.05, 0.1) is 19.3 Å². The average molecular weight is 312 g/mol. The van der Waals surface area contributed by atoms with E-state index in [2.05, 4.69) is 45.4 Å². The van der Waals surface area contributed by atoms with Gasteiger partial charge < -0.3 is 10.1 Å². The van der Waals surface area contributed by atoms with E-state index in [0.717, 1.165) is 49.8 Å². The van der Waals surface area contributed by atoms with Crippen LogP contribution in [-0.4, -0.2) is 34.2 Å². The molecule has 5 heteroatoms. The highest BCUT2D eigenvalue weighted by atomic mass is 16.5. The van der Waals surface area contributed by atoms with Crippen LogP contribution in [0.4, 0.5) is 5.82 Å². The van der Waals surface area contributed by atoms with Crippen molar-refractivity contribution in [1.29, 1.82) is 0 Å². The Morgan fingerprint density at radius 1 is 1.22 bits per heavy atom. The molecule has 3 heterocycles. The summed E-state index contributed by atoms with van der Waals surface area (Å²) in [6, 6.07) is 6.50. The molecule has 23 heavy (non-hydrogen) atoms. The molecule has 5 nitrogen and oxygen atoms in total. The summed E-state index contributed by atoms with van der Waals surface area (Å²) in [5.41, 5.74) is 2.40. The molecule has 1 fully saturated rings. The molecular weight excluding hydrogens is 288 g/mol. The van der Waals surface area contributed by atoms with E-state index in [1.165, 1.54) is 5.56 Å². The second-order valence-electron chi connectivity index (χ2n) is 6.15. The Balaban J connectivity index is 1.69. The van der Waals surface area contributed by atoms with Gasteiger partial charge in [-0.1, -0.05) is 13.3 Å². The molecule has 1 aliphatic rings. The van der Waals surface area contributed by atoms with E-state index in [4.69, 9.17) is 4.74 Å². The van der Waals surface area contributed by atoms with Gasteiger partial charge in [0.1, 0.15) is 11.6 Å². The van der Waals surface area contributed by atoms with E-state index in [0.29, 0.717) is 5.92 Å². The molecule has 0 unspecified atom stereocenters. The Labute approximate surface area is 137 Å². The lowest BCUT2D eigenvalue weighted by Crippen LogP contribution is -2.30. The molecule has 2 atom stereocenters. The summed E-state index contributed by atoms with van der Waals surface area (Å²) < 4.78 is 5.70. The minimum atomic E-state index is 0.284. The molecule has 122 valence electrons. The Bertz CT molecular complexity index is 632. The number of ether oxygens (including phenoxy) is 1. The van der Waals surface area contributed by atoms with Gasteiger partial charge in [-0.05, 0) is 37.5 Å². The fraction of sp³-hybridized carbons (Fsp3) is 0.500. The third-order valence-electron chi connectivity index (χ3n) is 4.18. The molecule has 1 aliphatic heterocycles. The molecule has 0 bridgehead atoms. The first-order valence-corrected chi connectivity index (χ1v) is 8.32. The molecule has 0 aromatic carbocycles. The van der Waals surface area contributed by atoms with Crippen LogP contribution in [0.2, 0.25) is 0 Å².